The standard InChI is InChI=1S/C17H25ClN6O5S/c1-11(14(28-3)15-19-8-13(18)9-20-15)30(25,26)23-17-22-21-16(12-4-6-29-10-12)24(17)5-7-27-2/h8-9,11-12,14H,4-7,10H2,1-3H3,(H,22,23)/t11?,12-,14?/m1/s1. The minimum absolute atomic E-state index is 0.0548. The summed E-state index contributed by atoms with van der Waals surface area (Å²) in [5, 5.41) is 7.61. The lowest BCUT2D eigenvalue weighted by Gasteiger charge is -2.22. The molecule has 11 nitrogen and oxygen atoms in total. The maximum Gasteiger partial charge on any atom is 0.240 e. The summed E-state index contributed by atoms with van der Waals surface area (Å²) in [6, 6.07) is 0. The first-order valence-corrected chi connectivity index (χ1v) is 11.3. The average Bonchev–Trinajstić information content (AvgIpc) is 3.38. The van der Waals surface area contributed by atoms with Gasteiger partial charge in [-0.2, -0.15) is 0 Å². The fraction of sp³-hybridized carbons (Fsp3) is 0.647. The third-order valence-electron chi connectivity index (χ3n) is 4.89. The van der Waals surface area contributed by atoms with Gasteiger partial charge >= 0.3 is 0 Å². The first-order valence-electron chi connectivity index (χ1n) is 9.39. The molecule has 2 aromatic heterocycles. The molecule has 0 spiro atoms. The summed E-state index contributed by atoms with van der Waals surface area (Å²) in [6.45, 7) is 3.44. The van der Waals surface area contributed by atoms with Gasteiger partial charge in [0.05, 0.1) is 24.8 Å². The zero-order valence-corrected chi connectivity index (χ0v) is 18.6. The van der Waals surface area contributed by atoms with Gasteiger partial charge in [0.15, 0.2) is 5.82 Å². The molecule has 3 atom stereocenters. The number of nitrogens with one attached hydrogen (secondary N) is 1. The van der Waals surface area contributed by atoms with E-state index in [0.717, 1.165) is 6.42 Å². The Labute approximate surface area is 180 Å². The van der Waals surface area contributed by atoms with Gasteiger partial charge in [0, 0.05) is 39.1 Å². The number of anilines is 1. The highest BCUT2D eigenvalue weighted by molar-refractivity contribution is 7.93. The predicted octanol–water partition coefficient (Wildman–Crippen LogP) is 1.39. The molecule has 0 aliphatic carbocycles. The van der Waals surface area contributed by atoms with E-state index in [1.54, 1.807) is 11.7 Å². The van der Waals surface area contributed by atoms with Crippen molar-refractivity contribution in [1.29, 1.82) is 0 Å². The van der Waals surface area contributed by atoms with Crippen molar-refractivity contribution < 1.29 is 22.6 Å². The molecular weight excluding hydrogens is 436 g/mol. The molecule has 1 aliphatic rings. The molecule has 3 heterocycles. The Hall–Kier alpha value is -1.86. The molecule has 0 bridgehead atoms. The van der Waals surface area contributed by atoms with Crippen LogP contribution in [0.15, 0.2) is 12.4 Å². The molecule has 166 valence electrons. The quantitative estimate of drug-likeness (QED) is 0.558. The summed E-state index contributed by atoms with van der Waals surface area (Å²) < 4.78 is 46.4. The topological polar surface area (TPSA) is 130 Å². The molecule has 0 amide bonds. The normalized spacial score (nSPS) is 19.0. The highest BCUT2D eigenvalue weighted by Crippen LogP contribution is 2.28. The smallest absolute Gasteiger partial charge is 0.240 e. The molecule has 0 radical (unpaired) electrons. The summed E-state index contributed by atoms with van der Waals surface area (Å²) in [5.74, 6) is 1.05. The van der Waals surface area contributed by atoms with Crippen LogP contribution in [0, 0.1) is 0 Å². The molecule has 1 aliphatic heterocycles. The maximum absolute atomic E-state index is 13.1. The summed E-state index contributed by atoms with van der Waals surface area (Å²) in [6.07, 6.45) is 2.67. The van der Waals surface area contributed by atoms with Gasteiger partial charge in [-0.25, -0.2) is 18.4 Å². The first-order chi connectivity index (χ1) is 14.4. The number of rotatable bonds is 10. The molecule has 3 rings (SSSR count). The SMILES string of the molecule is COCCn1c(NS(=O)(=O)C(C)C(OC)c2ncc(Cl)cn2)nnc1[C@@H]1CCOC1. The van der Waals surface area contributed by atoms with Crippen LogP contribution >= 0.6 is 11.6 Å². The third-order valence-corrected chi connectivity index (χ3v) is 6.78. The monoisotopic (exact) mass is 460 g/mol. The number of aromatic nitrogens is 5. The molecule has 1 N–H and O–H groups in total. The van der Waals surface area contributed by atoms with E-state index < -0.39 is 21.4 Å². The number of hydrogen-bond acceptors (Lipinski definition) is 9. The van der Waals surface area contributed by atoms with Crippen LogP contribution in [0.1, 0.15) is 37.0 Å². The summed E-state index contributed by atoms with van der Waals surface area (Å²) in [4.78, 5) is 8.16. The molecule has 13 heteroatoms. The fourth-order valence-corrected chi connectivity index (χ4v) is 4.44. The van der Waals surface area contributed by atoms with Crippen LogP contribution in [0.4, 0.5) is 5.95 Å². The van der Waals surface area contributed by atoms with Crippen LogP contribution in [0.5, 0.6) is 0 Å². The fourth-order valence-electron chi connectivity index (χ4n) is 3.19. The Morgan fingerprint density at radius 1 is 1.33 bits per heavy atom. The molecule has 2 unspecified atom stereocenters. The second-order valence-electron chi connectivity index (χ2n) is 6.85. The zero-order valence-electron chi connectivity index (χ0n) is 17.0. The Bertz CT molecular complexity index is 933. The van der Waals surface area contributed by atoms with Crippen LogP contribution < -0.4 is 4.72 Å². The Kier molecular flexibility index (Phi) is 7.58. The lowest BCUT2D eigenvalue weighted by Crippen LogP contribution is -2.33. The average molecular weight is 461 g/mol. The zero-order chi connectivity index (χ0) is 21.7. The molecule has 0 aromatic carbocycles. The maximum atomic E-state index is 13.1. The van der Waals surface area contributed by atoms with Gasteiger partial charge in [-0.3, -0.25) is 9.29 Å². The van der Waals surface area contributed by atoms with Crippen molar-refractivity contribution in [2.24, 2.45) is 0 Å². The second-order valence-corrected chi connectivity index (χ2v) is 9.33. The van der Waals surface area contributed by atoms with Gasteiger partial charge in [-0.15, -0.1) is 10.2 Å². The molecular formula is C17H25ClN6O5S. The van der Waals surface area contributed by atoms with Crippen LogP contribution in [0.3, 0.4) is 0 Å². The van der Waals surface area contributed by atoms with E-state index in [4.69, 9.17) is 25.8 Å². The number of ether oxygens (including phenoxy) is 3. The number of methoxy groups -OCH3 is 2. The third kappa shape index (κ3) is 5.06. The van der Waals surface area contributed by atoms with Crippen molar-refractivity contribution in [2.45, 2.75) is 37.2 Å². The molecule has 2 aromatic rings. The molecule has 1 fully saturated rings. The minimum atomic E-state index is -3.92. The van der Waals surface area contributed by atoms with E-state index in [1.807, 2.05) is 0 Å². The van der Waals surface area contributed by atoms with Crippen molar-refractivity contribution in [3.63, 3.8) is 0 Å². The van der Waals surface area contributed by atoms with Gasteiger partial charge in [-0.1, -0.05) is 11.6 Å². The minimum Gasteiger partial charge on any atom is -0.383 e. The van der Waals surface area contributed by atoms with E-state index in [-0.39, 0.29) is 17.7 Å². The van der Waals surface area contributed by atoms with E-state index in [1.165, 1.54) is 26.4 Å². The van der Waals surface area contributed by atoms with Gasteiger partial charge in [0.2, 0.25) is 16.0 Å². The van der Waals surface area contributed by atoms with Crippen LogP contribution in [-0.2, 0) is 30.8 Å². The highest BCUT2D eigenvalue weighted by atomic mass is 35.5. The lowest BCUT2D eigenvalue weighted by molar-refractivity contribution is 0.0950. The van der Waals surface area contributed by atoms with Crippen molar-refractivity contribution in [1.82, 2.24) is 24.7 Å². The van der Waals surface area contributed by atoms with Crippen LogP contribution in [0.25, 0.3) is 0 Å². The molecule has 30 heavy (non-hydrogen) atoms. The Balaban J connectivity index is 1.85. The number of halogens is 1. The van der Waals surface area contributed by atoms with E-state index in [9.17, 15) is 8.42 Å². The Morgan fingerprint density at radius 3 is 2.67 bits per heavy atom. The summed E-state index contributed by atoms with van der Waals surface area (Å²) in [5.41, 5.74) is 0. The molecule has 1 saturated heterocycles. The largest absolute Gasteiger partial charge is 0.383 e. The molecule has 0 saturated carbocycles. The van der Waals surface area contributed by atoms with Crippen molar-refractivity contribution in [3.8, 4) is 0 Å². The van der Waals surface area contributed by atoms with Crippen molar-refractivity contribution in [2.75, 3.05) is 38.8 Å². The van der Waals surface area contributed by atoms with E-state index in [0.29, 0.717) is 37.2 Å². The number of hydrogen-bond donors (Lipinski definition) is 1. The van der Waals surface area contributed by atoms with Crippen LogP contribution in [0.2, 0.25) is 5.02 Å². The van der Waals surface area contributed by atoms with Crippen molar-refractivity contribution >= 4 is 27.6 Å². The number of nitrogens with zero attached hydrogens (tertiary/aromatic N) is 5. The second kappa shape index (κ2) is 9.96. The summed E-state index contributed by atoms with van der Waals surface area (Å²) in [7, 11) is -0.954. The highest BCUT2D eigenvalue weighted by Gasteiger charge is 2.35. The summed E-state index contributed by atoms with van der Waals surface area (Å²) >= 11 is 5.82. The van der Waals surface area contributed by atoms with E-state index in [2.05, 4.69) is 24.9 Å². The van der Waals surface area contributed by atoms with Crippen LogP contribution in [-0.4, -0.2) is 72.4 Å². The van der Waals surface area contributed by atoms with Gasteiger partial charge < -0.3 is 14.2 Å². The number of sulfonamides is 1. The van der Waals surface area contributed by atoms with Gasteiger partial charge in [0.1, 0.15) is 17.2 Å². The van der Waals surface area contributed by atoms with Crippen molar-refractivity contribution in [3.05, 3.63) is 29.1 Å². The first kappa shape index (κ1) is 22.8. The lowest BCUT2D eigenvalue weighted by atomic mass is 10.1. The Morgan fingerprint density at radius 2 is 2.07 bits per heavy atom. The predicted molar refractivity (Wildman–Crippen MR) is 109 cm³/mol. The van der Waals surface area contributed by atoms with Gasteiger partial charge in [-0.05, 0) is 13.3 Å². The van der Waals surface area contributed by atoms with Gasteiger partial charge in [0.25, 0.3) is 0 Å². The van der Waals surface area contributed by atoms with E-state index >= 15 is 0 Å².